The maximum Gasteiger partial charge on any atom is 0.242 e. The van der Waals surface area contributed by atoms with Crippen molar-refractivity contribution in [1.82, 2.24) is 4.72 Å². The van der Waals surface area contributed by atoms with Crippen LogP contribution in [0.25, 0.3) is 0 Å². The number of hydrogen-bond donors (Lipinski definition) is 2. The third-order valence-electron chi connectivity index (χ3n) is 2.40. The minimum Gasteiger partial charge on any atom is -0.383 e. The van der Waals surface area contributed by atoms with Gasteiger partial charge in [-0.3, -0.25) is 0 Å². The molecule has 1 aliphatic rings. The monoisotopic (exact) mass is 290 g/mol. The van der Waals surface area contributed by atoms with Crippen molar-refractivity contribution in [3.8, 4) is 0 Å². The molecule has 2 rings (SSSR count). The second kappa shape index (κ2) is 3.77. The van der Waals surface area contributed by atoms with Crippen LogP contribution in [0.1, 0.15) is 5.56 Å². The standard InChI is InChI=1S/C9H11BrN2O2S/c1-11-15(13,14)8-5-7(10)4-6-2-3-12-9(6)8/h4-5,11-12H,2-3H2,1H3. The van der Waals surface area contributed by atoms with E-state index in [4.69, 9.17) is 0 Å². The van der Waals surface area contributed by atoms with Crippen LogP contribution in [0.4, 0.5) is 5.69 Å². The summed E-state index contributed by atoms with van der Waals surface area (Å²) < 4.78 is 26.6. The van der Waals surface area contributed by atoms with Gasteiger partial charge < -0.3 is 5.32 Å². The van der Waals surface area contributed by atoms with Crippen LogP contribution in [0, 0.1) is 0 Å². The maximum atomic E-state index is 11.7. The fourth-order valence-corrected chi connectivity index (χ4v) is 3.31. The molecule has 0 aliphatic carbocycles. The largest absolute Gasteiger partial charge is 0.383 e. The van der Waals surface area contributed by atoms with Gasteiger partial charge in [-0.05, 0) is 31.2 Å². The van der Waals surface area contributed by atoms with Gasteiger partial charge in [0.2, 0.25) is 10.0 Å². The Hall–Kier alpha value is -0.590. The van der Waals surface area contributed by atoms with E-state index in [1.807, 2.05) is 6.07 Å². The molecule has 1 aromatic rings. The number of anilines is 1. The molecule has 0 atom stereocenters. The fraction of sp³-hybridized carbons (Fsp3) is 0.333. The van der Waals surface area contributed by atoms with E-state index < -0.39 is 10.0 Å². The highest BCUT2D eigenvalue weighted by atomic mass is 79.9. The molecule has 15 heavy (non-hydrogen) atoms. The molecule has 1 aromatic carbocycles. The first-order valence-electron chi connectivity index (χ1n) is 4.54. The molecule has 0 aromatic heterocycles. The Kier molecular flexibility index (Phi) is 2.74. The molecule has 0 saturated carbocycles. The summed E-state index contributed by atoms with van der Waals surface area (Å²) in [6.07, 6.45) is 0.862. The minimum absolute atomic E-state index is 0.312. The van der Waals surface area contributed by atoms with Crippen molar-refractivity contribution in [3.05, 3.63) is 22.2 Å². The van der Waals surface area contributed by atoms with E-state index in [0.29, 0.717) is 4.90 Å². The summed E-state index contributed by atoms with van der Waals surface area (Å²) in [7, 11) is -1.97. The second-order valence-corrected chi connectivity index (χ2v) is 6.09. The normalized spacial score (nSPS) is 14.8. The predicted molar refractivity (Wildman–Crippen MR) is 62.6 cm³/mol. The van der Waals surface area contributed by atoms with Crippen molar-refractivity contribution < 1.29 is 8.42 Å². The van der Waals surface area contributed by atoms with Crippen LogP contribution in [0.15, 0.2) is 21.5 Å². The molecule has 1 heterocycles. The molecular weight excluding hydrogens is 280 g/mol. The van der Waals surface area contributed by atoms with Gasteiger partial charge in [0.1, 0.15) is 4.90 Å². The van der Waals surface area contributed by atoms with E-state index in [0.717, 1.165) is 28.7 Å². The molecule has 0 amide bonds. The van der Waals surface area contributed by atoms with Gasteiger partial charge in [0, 0.05) is 11.0 Å². The molecular formula is C9H11BrN2O2S. The van der Waals surface area contributed by atoms with Crippen LogP contribution >= 0.6 is 15.9 Å². The van der Waals surface area contributed by atoms with Crippen LogP contribution < -0.4 is 10.0 Å². The Morgan fingerprint density at radius 3 is 2.87 bits per heavy atom. The third-order valence-corrected chi connectivity index (χ3v) is 4.30. The Balaban J connectivity index is 2.67. The van der Waals surface area contributed by atoms with Crippen LogP contribution in [0.5, 0.6) is 0 Å². The fourth-order valence-electron chi connectivity index (χ4n) is 1.68. The Bertz CT molecular complexity index is 499. The van der Waals surface area contributed by atoms with E-state index in [1.54, 1.807) is 6.07 Å². The van der Waals surface area contributed by atoms with Crippen molar-refractivity contribution in [2.75, 3.05) is 18.9 Å². The smallest absolute Gasteiger partial charge is 0.242 e. The van der Waals surface area contributed by atoms with Crippen LogP contribution in [0.3, 0.4) is 0 Å². The first kappa shape index (κ1) is 10.9. The van der Waals surface area contributed by atoms with Gasteiger partial charge in [0.15, 0.2) is 0 Å². The summed E-state index contributed by atoms with van der Waals surface area (Å²) in [5.74, 6) is 0. The van der Waals surface area contributed by atoms with Gasteiger partial charge in [-0.25, -0.2) is 13.1 Å². The van der Waals surface area contributed by atoms with Gasteiger partial charge in [-0.2, -0.15) is 0 Å². The predicted octanol–water partition coefficient (Wildman–Crippen LogP) is 1.33. The first-order chi connectivity index (χ1) is 7.04. The summed E-state index contributed by atoms with van der Waals surface area (Å²) >= 11 is 3.32. The van der Waals surface area contributed by atoms with Crippen molar-refractivity contribution >= 4 is 31.6 Å². The number of hydrogen-bond acceptors (Lipinski definition) is 3. The number of halogens is 1. The number of benzene rings is 1. The van der Waals surface area contributed by atoms with Crippen LogP contribution in [0.2, 0.25) is 0 Å². The van der Waals surface area contributed by atoms with Gasteiger partial charge in [0.05, 0.1) is 5.69 Å². The highest BCUT2D eigenvalue weighted by molar-refractivity contribution is 9.10. The van der Waals surface area contributed by atoms with Gasteiger partial charge >= 0.3 is 0 Å². The molecule has 0 saturated heterocycles. The van der Waals surface area contributed by atoms with E-state index in [1.165, 1.54) is 7.05 Å². The third kappa shape index (κ3) is 1.89. The number of sulfonamides is 1. The summed E-state index contributed by atoms with van der Waals surface area (Å²) in [6, 6.07) is 3.56. The van der Waals surface area contributed by atoms with Crippen molar-refractivity contribution in [2.24, 2.45) is 0 Å². The molecule has 2 N–H and O–H groups in total. The summed E-state index contributed by atoms with van der Waals surface area (Å²) in [5, 5.41) is 3.10. The lowest BCUT2D eigenvalue weighted by Gasteiger charge is -2.09. The van der Waals surface area contributed by atoms with E-state index >= 15 is 0 Å². The zero-order valence-corrected chi connectivity index (χ0v) is 10.6. The molecule has 6 heteroatoms. The SMILES string of the molecule is CNS(=O)(=O)c1cc(Br)cc2c1NCC2. The van der Waals surface area contributed by atoms with Gasteiger partial charge in [0.25, 0.3) is 0 Å². The van der Waals surface area contributed by atoms with E-state index in [9.17, 15) is 8.42 Å². The van der Waals surface area contributed by atoms with E-state index in [2.05, 4.69) is 26.0 Å². The van der Waals surface area contributed by atoms with Crippen LogP contribution in [-0.4, -0.2) is 22.0 Å². The number of fused-ring (bicyclic) bond motifs is 1. The highest BCUT2D eigenvalue weighted by Crippen LogP contribution is 2.33. The Labute approximate surface area is 97.2 Å². The molecule has 0 fully saturated rings. The van der Waals surface area contributed by atoms with Crippen LogP contribution in [-0.2, 0) is 16.4 Å². The van der Waals surface area contributed by atoms with Crippen molar-refractivity contribution in [1.29, 1.82) is 0 Å². The average molecular weight is 291 g/mol. The van der Waals surface area contributed by atoms with E-state index in [-0.39, 0.29) is 0 Å². The van der Waals surface area contributed by atoms with Crippen molar-refractivity contribution in [3.63, 3.8) is 0 Å². The molecule has 0 radical (unpaired) electrons. The topological polar surface area (TPSA) is 58.2 Å². The molecule has 0 bridgehead atoms. The summed E-state index contributed by atoms with van der Waals surface area (Å²) in [4.78, 5) is 0.312. The quantitative estimate of drug-likeness (QED) is 0.864. The molecule has 0 unspecified atom stereocenters. The van der Waals surface area contributed by atoms with Gasteiger partial charge in [-0.1, -0.05) is 15.9 Å². The number of nitrogens with one attached hydrogen (secondary N) is 2. The highest BCUT2D eigenvalue weighted by Gasteiger charge is 2.23. The lowest BCUT2D eigenvalue weighted by Crippen LogP contribution is -2.19. The lowest BCUT2D eigenvalue weighted by atomic mass is 10.2. The minimum atomic E-state index is -3.39. The zero-order valence-electron chi connectivity index (χ0n) is 8.17. The first-order valence-corrected chi connectivity index (χ1v) is 6.82. The Morgan fingerprint density at radius 2 is 2.20 bits per heavy atom. The van der Waals surface area contributed by atoms with Crippen molar-refractivity contribution in [2.45, 2.75) is 11.3 Å². The molecule has 4 nitrogen and oxygen atoms in total. The summed E-state index contributed by atoms with van der Waals surface area (Å²) in [5.41, 5.74) is 1.77. The molecule has 82 valence electrons. The maximum absolute atomic E-state index is 11.7. The second-order valence-electron chi connectivity index (χ2n) is 3.32. The number of rotatable bonds is 2. The molecule has 0 spiro atoms. The zero-order chi connectivity index (χ0) is 11.1. The molecule has 1 aliphatic heterocycles. The summed E-state index contributed by atoms with van der Waals surface area (Å²) in [6.45, 7) is 0.790. The average Bonchev–Trinajstić information content (AvgIpc) is 2.63. The van der Waals surface area contributed by atoms with Gasteiger partial charge in [-0.15, -0.1) is 0 Å². The lowest BCUT2D eigenvalue weighted by molar-refractivity contribution is 0.588. The Morgan fingerprint density at radius 1 is 1.47 bits per heavy atom.